The molecule has 1 amide bonds. The van der Waals surface area contributed by atoms with Crippen molar-refractivity contribution in [1.82, 2.24) is 9.80 Å². The monoisotopic (exact) mass is 265 g/mol. The van der Waals surface area contributed by atoms with Crippen molar-refractivity contribution in [3.63, 3.8) is 0 Å². The van der Waals surface area contributed by atoms with Crippen molar-refractivity contribution in [3.8, 4) is 0 Å². The minimum Gasteiger partial charge on any atom is -0.469 e. The first-order valence-electron chi connectivity index (χ1n) is 6.94. The summed E-state index contributed by atoms with van der Waals surface area (Å²) in [5.74, 6) is 0.841. The van der Waals surface area contributed by atoms with Crippen LogP contribution in [0.1, 0.15) is 29.5 Å². The summed E-state index contributed by atoms with van der Waals surface area (Å²) in [7, 11) is 0. The average molecular weight is 265 g/mol. The van der Waals surface area contributed by atoms with E-state index in [1.54, 1.807) is 12.3 Å². The Bertz CT molecular complexity index is 418. The second-order valence-electron chi connectivity index (χ2n) is 5.07. The van der Waals surface area contributed by atoms with Gasteiger partial charge in [0.15, 0.2) is 0 Å². The van der Waals surface area contributed by atoms with E-state index in [4.69, 9.17) is 10.2 Å². The minimum absolute atomic E-state index is 0.0669. The Morgan fingerprint density at radius 2 is 2.11 bits per heavy atom. The number of aryl methyl sites for hydroxylation is 1. The normalized spacial score (nSPS) is 18.6. The number of hydrogen-bond acceptors (Lipinski definition) is 4. The van der Waals surface area contributed by atoms with E-state index in [2.05, 4.69) is 11.8 Å². The molecule has 0 saturated carbocycles. The van der Waals surface area contributed by atoms with Crippen LogP contribution in [0.5, 0.6) is 0 Å². The molecule has 1 unspecified atom stereocenters. The third-order valence-electron chi connectivity index (χ3n) is 3.84. The smallest absolute Gasteiger partial charge is 0.257 e. The van der Waals surface area contributed by atoms with Gasteiger partial charge in [-0.1, -0.05) is 6.92 Å². The summed E-state index contributed by atoms with van der Waals surface area (Å²) in [6, 6.07) is 2.23. The molecule has 1 aromatic heterocycles. The van der Waals surface area contributed by atoms with E-state index in [1.807, 2.05) is 11.8 Å². The Labute approximate surface area is 114 Å². The third kappa shape index (κ3) is 3.16. The molecule has 1 saturated heterocycles. The van der Waals surface area contributed by atoms with E-state index in [-0.39, 0.29) is 5.91 Å². The molecule has 19 heavy (non-hydrogen) atoms. The van der Waals surface area contributed by atoms with E-state index in [0.717, 1.165) is 38.4 Å². The van der Waals surface area contributed by atoms with Crippen LogP contribution in [0.2, 0.25) is 0 Å². The van der Waals surface area contributed by atoms with Crippen LogP contribution in [0.3, 0.4) is 0 Å². The van der Waals surface area contributed by atoms with Gasteiger partial charge in [0.05, 0.1) is 5.56 Å². The zero-order valence-corrected chi connectivity index (χ0v) is 11.8. The molecule has 0 aromatic carbocycles. The van der Waals surface area contributed by atoms with Crippen LogP contribution < -0.4 is 5.73 Å². The van der Waals surface area contributed by atoms with Gasteiger partial charge in [-0.3, -0.25) is 9.69 Å². The average Bonchev–Trinajstić information content (AvgIpc) is 2.87. The van der Waals surface area contributed by atoms with Gasteiger partial charge in [-0.15, -0.1) is 0 Å². The highest BCUT2D eigenvalue weighted by Crippen LogP contribution is 2.13. The Hall–Kier alpha value is -1.33. The van der Waals surface area contributed by atoms with Crippen LogP contribution in [0.4, 0.5) is 0 Å². The molecule has 1 aliphatic heterocycles. The number of amides is 1. The Morgan fingerprint density at radius 3 is 2.58 bits per heavy atom. The van der Waals surface area contributed by atoms with E-state index in [1.165, 1.54) is 0 Å². The summed E-state index contributed by atoms with van der Waals surface area (Å²) in [6.07, 6.45) is 2.60. The molecular weight excluding hydrogens is 242 g/mol. The van der Waals surface area contributed by atoms with Gasteiger partial charge in [-0.2, -0.15) is 0 Å². The first-order valence-corrected chi connectivity index (χ1v) is 6.94. The van der Waals surface area contributed by atoms with Gasteiger partial charge in [-0.05, 0) is 19.4 Å². The quantitative estimate of drug-likeness (QED) is 0.885. The number of carbonyl (C=O) groups is 1. The van der Waals surface area contributed by atoms with Crippen LogP contribution in [0, 0.1) is 6.92 Å². The van der Waals surface area contributed by atoms with Gasteiger partial charge >= 0.3 is 0 Å². The number of nitrogens with two attached hydrogens (primary N) is 1. The van der Waals surface area contributed by atoms with Gasteiger partial charge in [0, 0.05) is 38.8 Å². The number of furan rings is 1. The van der Waals surface area contributed by atoms with Gasteiger partial charge in [0.25, 0.3) is 5.91 Å². The highest BCUT2D eigenvalue weighted by atomic mass is 16.3. The maximum absolute atomic E-state index is 12.3. The number of rotatable bonds is 4. The first kappa shape index (κ1) is 14.1. The first-order chi connectivity index (χ1) is 9.15. The Morgan fingerprint density at radius 1 is 1.42 bits per heavy atom. The maximum Gasteiger partial charge on any atom is 0.257 e. The largest absolute Gasteiger partial charge is 0.469 e. The third-order valence-corrected chi connectivity index (χ3v) is 3.84. The van der Waals surface area contributed by atoms with E-state index < -0.39 is 0 Å². The molecule has 106 valence electrons. The highest BCUT2D eigenvalue weighted by Gasteiger charge is 2.25. The molecule has 2 heterocycles. The Balaban J connectivity index is 1.91. The molecule has 0 aliphatic carbocycles. The molecule has 5 heteroatoms. The van der Waals surface area contributed by atoms with E-state index in [0.29, 0.717) is 18.2 Å². The van der Waals surface area contributed by atoms with Crippen molar-refractivity contribution in [2.45, 2.75) is 26.3 Å². The second kappa shape index (κ2) is 6.21. The molecule has 0 bridgehead atoms. The standard InChI is InChI=1S/C14H23N3O2/c1-3-13(9-15)16-4-6-17(7-5-16)14(18)12-8-11(2)19-10-12/h8,10,13H,3-7,9,15H2,1-2H3. The Kier molecular flexibility index (Phi) is 4.61. The zero-order valence-electron chi connectivity index (χ0n) is 11.8. The number of carbonyl (C=O) groups excluding carboxylic acids is 1. The summed E-state index contributed by atoms with van der Waals surface area (Å²) < 4.78 is 5.20. The van der Waals surface area contributed by atoms with Crippen molar-refractivity contribution < 1.29 is 9.21 Å². The molecule has 1 fully saturated rings. The van der Waals surface area contributed by atoms with Crippen molar-refractivity contribution in [2.24, 2.45) is 5.73 Å². The highest BCUT2D eigenvalue weighted by molar-refractivity contribution is 5.94. The lowest BCUT2D eigenvalue weighted by atomic mass is 10.1. The van der Waals surface area contributed by atoms with Gasteiger partial charge in [0.2, 0.25) is 0 Å². The molecule has 1 aromatic rings. The predicted molar refractivity (Wildman–Crippen MR) is 74.1 cm³/mol. The molecule has 1 atom stereocenters. The fraction of sp³-hybridized carbons (Fsp3) is 0.643. The molecular formula is C14H23N3O2. The summed E-state index contributed by atoms with van der Waals surface area (Å²) in [6.45, 7) is 8.02. The molecule has 5 nitrogen and oxygen atoms in total. The van der Waals surface area contributed by atoms with Crippen molar-refractivity contribution in [3.05, 3.63) is 23.7 Å². The van der Waals surface area contributed by atoms with Crippen molar-refractivity contribution in [1.29, 1.82) is 0 Å². The number of nitrogens with zero attached hydrogens (tertiary/aromatic N) is 2. The summed E-state index contributed by atoms with van der Waals surface area (Å²) in [5, 5.41) is 0. The number of hydrogen-bond donors (Lipinski definition) is 1. The zero-order chi connectivity index (χ0) is 13.8. The van der Waals surface area contributed by atoms with Crippen LogP contribution in [-0.4, -0.2) is 54.5 Å². The maximum atomic E-state index is 12.3. The van der Waals surface area contributed by atoms with Gasteiger partial charge < -0.3 is 15.1 Å². The molecule has 0 spiro atoms. The van der Waals surface area contributed by atoms with E-state index >= 15 is 0 Å². The van der Waals surface area contributed by atoms with Crippen molar-refractivity contribution in [2.75, 3.05) is 32.7 Å². The fourth-order valence-corrected chi connectivity index (χ4v) is 2.60. The predicted octanol–water partition coefficient (Wildman–Crippen LogP) is 1.08. The molecule has 0 radical (unpaired) electrons. The molecule has 2 rings (SSSR count). The lowest BCUT2D eigenvalue weighted by molar-refractivity contribution is 0.0571. The van der Waals surface area contributed by atoms with Crippen LogP contribution in [-0.2, 0) is 0 Å². The topological polar surface area (TPSA) is 62.7 Å². The summed E-state index contributed by atoms with van der Waals surface area (Å²) in [4.78, 5) is 16.5. The minimum atomic E-state index is 0.0669. The van der Waals surface area contributed by atoms with Crippen LogP contribution in [0.15, 0.2) is 16.7 Å². The summed E-state index contributed by atoms with van der Waals surface area (Å²) >= 11 is 0. The van der Waals surface area contributed by atoms with Gasteiger partial charge in [0.1, 0.15) is 12.0 Å². The fourth-order valence-electron chi connectivity index (χ4n) is 2.60. The number of piperazine rings is 1. The molecule has 1 aliphatic rings. The lowest BCUT2D eigenvalue weighted by Gasteiger charge is -2.38. The molecule has 2 N–H and O–H groups in total. The second-order valence-corrected chi connectivity index (χ2v) is 5.07. The lowest BCUT2D eigenvalue weighted by Crippen LogP contribution is -2.53. The SMILES string of the molecule is CCC(CN)N1CCN(C(=O)c2coc(C)c2)CC1. The van der Waals surface area contributed by atoms with E-state index in [9.17, 15) is 4.79 Å². The van der Waals surface area contributed by atoms with Crippen LogP contribution in [0.25, 0.3) is 0 Å². The van der Waals surface area contributed by atoms with Crippen molar-refractivity contribution >= 4 is 5.91 Å². The van der Waals surface area contributed by atoms with Gasteiger partial charge in [-0.25, -0.2) is 0 Å². The summed E-state index contributed by atoms with van der Waals surface area (Å²) in [5.41, 5.74) is 6.42. The van der Waals surface area contributed by atoms with Crippen LogP contribution >= 0.6 is 0 Å².